The molecule has 152 valence electrons. The molecule has 0 saturated carbocycles. The summed E-state index contributed by atoms with van der Waals surface area (Å²) < 4.78 is 18.1. The molecule has 0 bridgehead atoms. The maximum absolute atomic E-state index is 6.03. The summed E-state index contributed by atoms with van der Waals surface area (Å²) in [4.78, 5) is 0. The third-order valence-corrected chi connectivity index (χ3v) is 4.38. The number of allylic oxidation sites excluding steroid dienone is 3. The summed E-state index contributed by atoms with van der Waals surface area (Å²) in [5, 5.41) is 0. The van der Waals surface area contributed by atoms with Crippen LogP contribution in [0.5, 0.6) is 0 Å². The molecular formula is C22H40O3S. The van der Waals surface area contributed by atoms with Crippen LogP contribution >= 0.6 is 12.6 Å². The van der Waals surface area contributed by atoms with Crippen molar-refractivity contribution in [1.82, 2.24) is 0 Å². The summed E-state index contributed by atoms with van der Waals surface area (Å²) in [6, 6.07) is 0. The number of thiol groups is 1. The molecule has 0 fully saturated rings. The van der Waals surface area contributed by atoms with E-state index < -0.39 is 5.97 Å². The van der Waals surface area contributed by atoms with Crippen molar-refractivity contribution in [2.45, 2.75) is 91.5 Å². The first-order chi connectivity index (χ1) is 12.3. The van der Waals surface area contributed by atoms with E-state index in [0.717, 1.165) is 31.4 Å². The van der Waals surface area contributed by atoms with Crippen LogP contribution in [0.2, 0.25) is 0 Å². The predicted molar refractivity (Wildman–Crippen MR) is 115 cm³/mol. The number of unbranched alkanes of at least 4 members (excludes halogenated alkanes) is 5. The van der Waals surface area contributed by atoms with E-state index in [1.165, 1.54) is 32.1 Å². The highest BCUT2D eigenvalue weighted by molar-refractivity contribution is 7.80. The van der Waals surface area contributed by atoms with E-state index in [-0.39, 0.29) is 5.92 Å². The summed E-state index contributed by atoms with van der Waals surface area (Å²) in [6.45, 7) is 19.3. The smallest absolute Gasteiger partial charge is 0.419 e. The molecule has 0 aliphatic heterocycles. The van der Waals surface area contributed by atoms with Crippen molar-refractivity contribution in [1.29, 1.82) is 0 Å². The monoisotopic (exact) mass is 384 g/mol. The third kappa shape index (κ3) is 10.8. The van der Waals surface area contributed by atoms with Gasteiger partial charge in [0.15, 0.2) is 0 Å². The topological polar surface area (TPSA) is 27.7 Å². The number of ether oxygens (including phenoxy) is 3. The van der Waals surface area contributed by atoms with Gasteiger partial charge in [0, 0.05) is 0 Å². The van der Waals surface area contributed by atoms with Gasteiger partial charge in [-0.3, -0.25) is 0 Å². The van der Waals surface area contributed by atoms with E-state index in [0.29, 0.717) is 17.3 Å². The fraction of sp³-hybridized carbons (Fsp3) is 0.727. The first kappa shape index (κ1) is 25.0. The lowest BCUT2D eigenvalue weighted by molar-refractivity contribution is -0.364. The van der Waals surface area contributed by atoms with E-state index in [1.54, 1.807) is 20.8 Å². The fourth-order valence-corrected chi connectivity index (χ4v) is 3.23. The second-order valence-corrected chi connectivity index (χ2v) is 7.58. The van der Waals surface area contributed by atoms with E-state index >= 15 is 0 Å². The Labute approximate surface area is 167 Å². The van der Waals surface area contributed by atoms with Crippen molar-refractivity contribution in [3.63, 3.8) is 0 Å². The van der Waals surface area contributed by atoms with Crippen LogP contribution in [-0.2, 0) is 14.2 Å². The lowest BCUT2D eigenvalue weighted by Crippen LogP contribution is -2.45. The zero-order valence-electron chi connectivity index (χ0n) is 17.4. The van der Waals surface area contributed by atoms with Gasteiger partial charge in [0.1, 0.15) is 0 Å². The summed E-state index contributed by atoms with van der Waals surface area (Å²) in [7, 11) is 0. The molecule has 0 heterocycles. The normalized spacial score (nSPS) is 12.3. The van der Waals surface area contributed by atoms with Gasteiger partial charge in [-0.1, -0.05) is 65.2 Å². The predicted octanol–water partition coefficient (Wildman–Crippen LogP) is 7.37. The van der Waals surface area contributed by atoms with E-state index in [1.807, 2.05) is 0 Å². The quantitative estimate of drug-likeness (QED) is 0.123. The van der Waals surface area contributed by atoms with E-state index in [9.17, 15) is 0 Å². The number of hydrogen-bond donors (Lipinski definition) is 1. The molecule has 26 heavy (non-hydrogen) atoms. The highest BCUT2D eigenvalue weighted by atomic mass is 32.1. The molecule has 0 aliphatic carbocycles. The summed E-state index contributed by atoms with van der Waals surface area (Å²) in [6.07, 6.45) is 10.3. The van der Waals surface area contributed by atoms with Gasteiger partial charge in [-0.05, 0) is 45.8 Å². The molecule has 0 aromatic heterocycles. The molecule has 0 saturated heterocycles. The molecule has 0 amide bonds. The number of hydrogen-bond acceptors (Lipinski definition) is 4. The Morgan fingerprint density at radius 3 is 1.62 bits per heavy atom. The van der Waals surface area contributed by atoms with Crippen molar-refractivity contribution in [2.75, 3.05) is 5.75 Å². The minimum Gasteiger partial charge on any atom is -0.426 e. The first-order valence-corrected chi connectivity index (χ1v) is 10.5. The summed E-state index contributed by atoms with van der Waals surface area (Å²) in [5.41, 5.74) is 0. The average molecular weight is 385 g/mol. The molecule has 0 aliphatic rings. The maximum Gasteiger partial charge on any atom is 0.419 e. The molecule has 0 rings (SSSR count). The van der Waals surface area contributed by atoms with E-state index in [2.05, 4.69) is 39.3 Å². The Bertz CT molecular complexity index is 390. The molecular weight excluding hydrogens is 344 g/mol. The Balaban J connectivity index is 5.28. The van der Waals surface area contributed by atoms with Gasteiger partial charge in [-0.15, -0.1) is 0 Å². The molecule has 0 aromatic carbocycles. The summed E-state index contributed by atoms with van der Waals surface area (Å²) >= 11 is 4.37. The molecule has 1 unspecified atom stereocenters. The van der Waals surface area contributed by atoms with Crippen molar-refractivity contribution in [3.05, 3.63) is 37.0 Å². The van der Waals surface area contributed by atoms with Gasteiger partial charge < -0.3 is 14.2 Å². The molecule has 0 radical (unpaired) electrons. The van der Waals surface area contributed by atoms with Crippen LogP contribution < -0.4 is 0 Å². The van der Waals surface area contributed by atoms with Gasteiger partial charge in [-0.2, -0.15) is 12.6 Å². The van der Waals surface area contributed by atoms with E-state index in [4.69, 9.17) is 14.2 Å². The third-order valence-electron chi connectivity index (χ3n) is 4.07. The highest BCUT2D eigenvalue weighted by Crippen LogP contribution is 2.38. The summed E-state index contributed by atoms with van der Waals surface area (Å²) in [5.74, 6) is 1.25. The standard InChI is InChI=1S/C22H40O3S/c1-8-9-10-11-12-13-15-21(16-14-17-26)22(23-18(2)3,24-19(4)5)25-20(6)7/h21,26H,2,4,6,8-17H2,1,3,5,7H3. The largest absolute Gasteiger partial charge is 0.426 e. The highest BCUT2D eigenvalue weighted by Gasteiger charge is 2.46. The van der Waals surface area contributed by atoms with Gasteiger partial charge in [0.2, 0.25) is 0 Å². The van der Waals surface area contributed by atoms with Crippen molar-refractivity contribution in [2.24, 2.45) is 5.92 Å². The Hall–Kier alpha value is -1.03. The maximum atomic E-state index is 6.03. The first-order valence-electron chi connectivity index (χ1n) is 9.91. The molecule has 0 aromatic rings. The van der Waals surface area contributed by atoms with Crippen LogP contribution in [-0.4, -0.2) is 11.7 Å². The van der Waals surface area contributed by atoms with Gasteiger partial charge in [-0.25, -0.2) is 0 Å². The molecule has 4 heteroatoms. The molecule has 1 atom stereocenters. The van der Waals surface area contributed by atoms with Gasteiger partial charge in [0.25, 0.3) is 0 Å². The van der Waals surface area contributed by atoms with Crippen molar-refractivity contribution in [3.8, 4) is 0 Å². The van der Waals surface area contributed by atoms with Crippen molar-refractivity contribution >= 4 is 12.6 Å². The minimum absolute atomic E-state index is 0.0472. The number of rotatable bonds is 17. The van der Waals surface area contributed by atoms with Crippen LogP contribution in [0.3, 0.4) is 0 Å². The Morgan fingerprint density at radius 1 is 0.769 bits per heavy atom. The van der Waals surface area contributed by atoms with Crippen LogP contribution in [0.4, 0.5) is 0 Å². The Morgan fingerprint density at radius 2 is 1.19 bits per heavy atom. The molecule has 3 nitrogen and oxygen atoms in total. The van der Waals surface area contributed by atoms with Crippen LogP contribution in [0.15, 0.2) is 37.0 Å². The minimum atomic E-state index is -1.25. The average Bonchev–Trinajstić information content (AvgIpc) is 2.51. The van der Waals surface area contributed by atoms with Crippen LogP contribution in [0, 0.1) is 5.92 Å². The SMILES string of the molecule is C=C(C)OC(OC(=C)C)(OC(=C)C)C(CCCS)CCCCCCCC. The second-order valence-electron chi connectivity index (χ2n) is 7.13. The molecule has 0 spiro atoms. The van der Waals surface area contributed by atoms with Gasteiger partial charge in [0.05, 0.1) is 23.2 Å². The lowest BCUT2D eigenvalue weighted by Gasteiger charge is -2.40. The lowest BCUT2D eigenvalue weighted by atomic mass is 9.93. The zero-order chi connectivity index (χ0) is 20.0. The Kier molecular flexibility index (Phi) is 13.5. The molecule has 0 N–H and O–H groups in total. The van der Waals surface area contributed by atoms with Gasteiger partial charge >= 0.3 is 5.97 Å². The second kappa shape index (κ2) is 14.1. The van der Waals surface area contributed by atoms with Crippen molar-refractivity contribution < 1.29 is 14.2 Å². The zero-order valence-corrected chi connectivity index (χ0v) is 18.3. The van der Waals surface area contributed by atoms with Crippen LogP contribution in [0.25, 0.3) is 0 Å². The fourth-order valence-electron chi connectivity index (χ4n) is 3.05. The van der Waals surface area contributed by atoms with Crippen LogP contribution in [0.1, 0.15) is 85.5 Å².